The summed E-state index contributed by atoms with van der Waals surface area (Å²) in [6, 6.07) is 26.0. The minimum atomic E-state index is -0.0829. The van der Waals surface area contributed by atoms with Crippen molar-refractivity contribution in [3.63, 3.8) is 0 Å². The van der Waals surface area contributed by atoms with Gasteiger partial charge in [0.2, 0.25) is 0 Å². The maximum Gasteiger partial charge on any atom is 0.255 e. The van der Waals surface area contributed by atoms with Crippen molar-refractivity contribution in [3.05, 3.63) is 90.0 Å². The van der Waals surface area contributed by atoms with Crippen LogP contribution in [0.2, 0.25) is 0 Å². The molecule has 3 rings (SSSR count). The Bertz CT molecular complexity index is 832. The van der Waals surface area contributed by atoms with Gasteiger partial charge in [0.05, 0.1) is 0 Å². The first-order valence-corrected chi connectivity index (χ1v) is 10.2. The summed E-state index contributed by atoms with van der Waals surface area (Å²) >= 11 is 3.45. The Hall–Kier alpha value is -2.17. The first-order valence-electron chi connectivity index (χ1n) is 7.97. The van der Waals surface area contributed by atoms with Gasteiger partial charge < -0.3 is 5.32 Å². The van der Waals surface area contributed by atoms with Gasteiger partial charge in [-0.15, -0.1) is 23.5 Å². The molecule has 0 aliphatic carbocycles. The molecule has 3 aromatic rings. The minimum Gasteiger partial charge on any atom is -0.322 e. The van der Waals surface area contributed by atoms with E-state index >= 15 is 0 Å². The molecule has 4 heteroatoms. The van der Waals surface area contributed by atoms with Crippen molar-refractivity contribution >= 4 is 35.1 Å². The summed E-state index contributed by atoms with van der Waals surface area (Å²) in [4.78, 5) is 14.8. The van der Waals surface area contributed by atoms with Gasteiger partial charge in [0.25, 0.3) is 5.91 Å². The van der Waals surface area contributed by atoms with Crippen molar-refractivity contribution in [1.29, 1.82) is 0 Å². The number of anilines is 1. The van der Waals surface area contributed by atoms with Gasteiger partial charge >= 0.3 is 0 Å². The highest BCUT2D eigenvalue weighted by atomic mass is 32.2. The van der Waals surface area contributed by atoms with E-state index in [2.05, 4.69) is 17.4 Å². The van der Waals surface area contributed by atoms with Crippen molar-refractivity contribution in [2.45, 2.75) is 15.5 Å². The van der Waals surface area contributed by atoms with E-state index in [0.29, 0.717) is 5.56 Å². The Morgan fingerprint density at radius 2 is 1.60 bits per heavy atom. The van der Waals surface area contributed by atoms with E-state index in [1.54, 1.807) is 23.5 Å². The van der Waals surface area contributed by atoms with Crippen molar-refractivity contribution < 1.29 is 4.79 Å². The molecule has 0 heterocycles. The first-order chi connectivity index (χ1) is 12.2. The van der Waals surface area contributed by atoms with Crippen molar-refractivity contribution in [3.8, 4) is 0 Å². The van der Waals surface area contributed by atoms with Crippen molar-refractivity contribution in [2.24, 2.45) is 0 Å². The van der Waals surface area contributed by atoms with E-state index in [-0.39, 0.29) is 5.91 Å². The second-order valence-electron chi connectivity index (χ2n) is 5.48. The van der Waals surface area contributed by atoms with E-state index in [1.165, 1.54) is 10.5 Å². The fraction of sp³-hybridized carbons (Fsp3) is 0.0952. The van der Waals surface area contributed by atoms with Crippen LogP contribution in [0, 0.1) is 0 Å². The zero-order valence-electron chi connectivity index (χ0n) is 13.9. The largest absolute Gasteiger partial charge is 0.322 e. The summed E-state index contributed by atoms with van der Waals surface area (Å²) < 4.78 is 0. The highest BCUT2D eigenvalue weighted by molar-refractivity contribution is 7.98. The van der Waals surface area contributed by atoms with Crippen LogP contribution in [0.1, 0.15) is 15.9 Å². The molecule has 0 aromatic heterocycles. The predicted molar refractivity (Wildman–Crippen MR) is 109 cm³/mol. The molecule has 25 heavy (non-hydrogen) atoms. The van der Waals surface area contributed by atoms with Crippen LogP contribution in [0.5, 0.6) is 0 Å². The molecule has 0 radical (unpaired) electrons. The summed E-state index contributed by atoms with van der Waals surface area (Å²) in [5.41, 5.74) is 2.69. The van der Waals surface area contributed by atoms with Gasteiger partial charge in [-0.05, 0) is 54.3 Å². The Labute approximate surface area is 157 Å². The Kier molecular flexibility index (Phi) is 6.20. The van der Waals surface area contributed by atoms with Crippen molar-refractivity contribution in [2.75, 3.05) is 11.6 Å². The van der Waals surface area contributed by atoms with Crippen LogP contribution in [0.3, 0.4) is 0 Å². The lowest BCUT2D eigenvalue weighted by atomic mass is 10.1. The predicted octanol–water partition coefficient (Wildman–Crippen LogP) is 5.95. The summed E-state index contributed by atoms with van der Waals surface area (Å²) in [5.74, 6) is 0.808. The molecule has 1 N–H and O–H groups in total. The van der Waals surface area contributed by atoms with Crippen LogP contribution in [0.4, 0.5) is 5.69 Å². The third kappa shape index (κ3) is 5.15. The molecule has 0 aliphatic rings. The highest BCUT2D eigenvalue weighted by Crippen LogP contribution is 2.23. The molecule has 0 fully saturated rings. The first kappa shape index (κ1) is 17.6. The van der Waals surface area contributed by atoms with Crippen LogP contribution in [-0.2, 0) is 5.75 Å². The normalized spacial score (nSPS) is 10.4. The third-order valence-electron chi connectivity index (χ3n) is 3.69. The summed E-state index contributed by atoms with van der Waals surface area (Å²) in [6.45, 7) is 0. The molecule has 0 aliphatic heterocycles. The highest BCUT2D eigenvalue weighted by Gasteiger charge is 2.06. The number of hydrogen-bond donors (Lipinski definition) is 1. The number of carbonyl (C=O) groups excluding carboxylic acids is 1. The maximum atomic E-state index is 12.4. The summed E-state index contributed by atoms with van der Waals surface area (Å²) in [5, 5.41) is 2.95. The lowest BCUT2D eigenvalue weighted by Crippen LogP contribution is -2.11. The number of amides is 1. The standard InChI is InChI=1S/C21H19NOS2/c1-24-20-9-5-6-18(14-20)22-21(23)17-12-10-16(11-13-17)15-25-19-7-3-2-4-8-19/h2-14H,15H2,1H3,(H,22,23). The van der Waals surface area contributed by atoms with Gasteiger partial charge in [-0.2, -0.15) is 0 Å². The van der Waals surface area contributed by atoms with Crippen LogP contribution in [0.15, 0.2) is 88.7 Å². The fourth-order valence-electron chi connectivity index (χ4n) is 2.34. The van der Waals surface area contributed by atoms with Gasteiger partial charge in [0, 0.05) is 26.8 Å². The van der Waals surface area contributed by atoms with Crippen LogP contribution < -0.4 is 5.32 Å². The molecule has 1 amide bonds. The molecule has 126 valence electrons. The molecule has 0 unspecified atom stereocenters. The number of rotatable bonds is 6. The molecule has 0 atom stereocenters. The van der Waals surface area contributed by atoms with Crippen LogP contribution >= 0.6 is 23.5 Å². The fourth-order valence-corrected chi connectivity index (χ4v) is 3.67. The molecule has 0 bridgehead atoms. The lowest BCUT2D eigenvalue weighted by molar-refractivity contribution is 0.102. The SMILES string of the molecule is CSc1cccc(NC(=O)c2ccc(CSc3ccccc3)cc2)c1. The third-order valence-corrected chi connectivity index (χ3v) is 5.50. The molecular weight excluding hydrogens is 346 g/mol. The second kappa shape index (κ2) is 8.79. The number of hydrogen-bond acceptors (Lipinski definition) is 3. The number of nitrogens with one attached hydrogen (secondary N) is 1. The van der Waals surface area contributed by atoms with Crippen molar-refractivity contribution in [1.82, 2.24) is 0 Å². The second-order valence-corrected chi connectivity index (χ2v) is 7.41. The average Bonchev–Trinajstić information content (AvgIpc) is 2.67. The molecule has 0 saturated heterocycles. The Morgan fingerprint density at radius 3 is 2.32 bits per heavy atom. The van der Waals surface area contributed by atoms with Gasteiger partial charge in [-0.1, -0.05) is 36.4 Å². The monoisotopic (exact) mass is 365 g/mol. The smallest absolute Gasteiger partial charge is 0.255 e. The zero-order valence-corrected chi connectivity index (χ0v) is 15.6. The summed E-state index contributed by atoms with van der Waals surface area (Å²) in [7, 11) is 0. The zero-order chi connectivity index (χ0) is 17.5. The van der Waals surface area contributed by atoms with E-state index in [9.17, 15) is 4.79 Å². The molecule has 2 nitrogen and oxygen atoms in total. The van der Waals surface area contributed by atoms with Gasteiger partial charge in [-0.25, -0.2) is 0 Å². The topological polar surface area (TPSA) is 29.1 Å². The van der Waals surface area contributed by atoms with Gasteiger partial charge in [0.15, 0.2) is 0 Å². The summed E-state index contributed by atoms with van der Waals surface area (Å²) in [6.07, 6.45) is 2.02. The lowest BCUT2D eigenvalue weighted by Gasteiger charge is -2.07. The van der Waals surface area contributed by atoms with Crippen LogP contribution in [0.25, 0.3) is 0 Å². The molecule has 0 spiro atoms. The van der Waals surface area contributed by atoms with Gasteiger partial charge in [-0.3, -0.25) is 4.79 Å². The minimum absolute atomic E-state index is 0.0829. The number of benzene rings is 3. The van der Waals surface area contributed by atoms with E-state index in [0.717, 1.165) is 16.3 Å². The number of carbonyl (C=O) groups is 1. The molecule has 3 aromatic carbocycles. The van der Waals surface area contributed by atoms with Gasteiger partial charge in [0.1, 0.15) is 0 Å². The Balaban J connectivity index is 1.60. The van der Waals surface area contributed by atoms with E-state index < -0.39 is 0 Å². The molecule has 0 saturated carbocycles. The maximum absolute atomic E-state index is 12.4. The van der Waals surface area contributed by atoms with Crippen LogP contribution in [-0.4, -0.2) is 12.2 Å². The Morgan fingerprint density at radius 1 is 0.880 bits per heavy atom. The average molecular weight is 366 g/mol. The van der Waals surface area contributed by atoms with E-state index in [1.807, 2.05) is 73.0 Å². The molecular formula is C21H19NOS2. The van der Waals surface area contributed by atoms with E-state index in [4.69, 9.17) is 0 Å². The number of thioether (sulfide) groups is 2. The quantitative estimate of drug-likeness (QED) is 0.547.